The second kappa shape index (κ2) is 12.8. The number of allylic oxidation sites excluding steroid dienone is 8. The van der Waals surface area contributed by atoms with Gasteiger partial charge in [0.1, 0.15) is 0 Å². The number of ketones is 2. The lowest BCUT2D eigenvalue weighted by Crippen LogP contribution is -2.24. The van der Waals surface area contributed by atoms with Gasteiger partial charge in [0.25, 0.3) is 0 Å². The van der Waals surface area contributed by atoms with Crippen LogP contribution < -0.4 is 0 Å². The van der Waals surface area contributed by atoms with Crippen molar-refractivity contribution in [3.05, 3.63) is 46.6 Å². The van der Waals surface area contributed by atoms with Crippen molar-refractivity contribution in [2.75, 3.05) is 0 Å². The van der Waals surface area contributed by atoms with E-state index < -0.39 is 22.8 Å². The van der Waals surface area contributed by atoms with Gasteiger partial charge in [-0.15, -0.1) is 0 Å². The number of Topliss-reactive ketones (excluding diaryl/α,β-unsaturated/α-hetero) is 2. The van der Waals surface area contributed by atoms with Gasteiger partial charge in [0.2, 0.25) is 0 Å². The molecule has 2 rings (SSSR count). The second-order valence-corrected chi connectivity index (χ2v) is 14.3. The van der Waals surface area contributed by atoms with Crippen molar-refractivity contribution < 1.29 is 29.4 Å². The predicted molar refractivity (Wildman–Crippen MR) is 159 cm³/mol. The molecule has 0 unspecified atom stereocenters. The summed E-state index contributed by atoms with van der Waals surface area (Å²) < 4.78 is 0. The summed E-state index contributed by atoms with van der Waals surface area (Å²) in [6.45, 7) is 15.2. The summed E-state index contributed by atoms with van der Waals surface area (Å²) in [5.41, 5.74) is 0.973. The molecule has 6 heteroatoms. The Labute approximate surface area is 240 Å². The van der Waals surface area contributed by atoms with Gasteiger partial charge in [-0.25, -0.2) is 0 Å². The van der Waals surface area contributed by atoms with E-state index in [1.807, 2.05) is 24.3 Å². The third kappa shape index (κ3) is 9.42. The smallest absolute Gasteiger partial charge is 0.309 e. The van der Waals surface area contributed by atoms with Crippen LogP contribution in [0.15, 0.2) is 46.6 Å². The summed E-state index contributed by atoms with van der Waals surface area (Å²) in [5.74, 6) is -1.53. The summed E-state index contributed by atoms with van der Waals surface area (Å²) in [4.78, 5) is 49.5. The molecule has 0 saturated carbocycles. The van der Waals surface area contributed by atoms with Crippen LogP contribution in [-0.4, -0.2) is 33.7 Å². The summed E-state index contributed by atoms with van der Waals surface area (Å²) in [6, 6.07) is 0. The van der Waals surface area contributed by atoms with E-state index in [0.29, 0.717) is 38.5 Å². The van der Waals surface area contributed by atoms with Gasteiger partial charge in [0, 0.05) is 10.8 Å². The number of carbonyl (C=O) groups excluding carboxylic acids is 2. The van der Waals surface area contributed by atoms with Crippen LogP contribution >= 0.6 is 0 Å². The Kier molecular flexibility index (Phi) is 10.7. The minimum atomic E-state index is -0.804. The lowest BCUT2D eigenvalue weighted by molar-refractivity contribution is -0.148. The number of carboxylic acid groups (broad SMARTS) is 2. The van der Waals surface area contributed by atoms with Crippen molar-refractivity contribution in [1.29, 1.82) is 0 Å². The van der Waals surface area contributed by atoms with Crippen LogP contribution in [0.5, 0.6) is 0 Å². The SMILES string of the molecule is CC1(C)C=C(CCCCC(C)(C)C(=O)O)C(=O)C(CCC2=CC(C)(C)C=C(CCCCC(C)(C)C(=O)O)C2=O)=C1. The first-order valence-electron chi connectivity index (χ1n) is 14.7. The third-order valence-electron chi connectivity index (χ3n) is 8.17. The molecule has 2 aliphatic rings. The first kappa shape index (κ1) is 33.4. The molecule has 0 fully saturated rings. The Balaban J connectivity index is 2.00. The van der Waals surface area contributed by atoms with Crippen LogP contribution in [0.4, 0.5) is 0 Å². The zero-order valence-electron chi connectivity index (χ0n) is 25.9. The van der Waals surface area contributed by atoms with E-state index in [1.54, 1.807) is 27.7 Å². The molecule has 40 heavy (non-hydrogen) atoms. The standard InChI is InChI=1S/C34H50O6/c1-31(2)19-23(13-9-11-17-33(5,6)29(37)38)27(35)25(21-31)15-16-26-22-32(3,4)20-24(28(26)36)14-10-12-18-34(7,8)30(39)40/h19-22H,9-18H2,1-8H3,(H,37,38)(H,39,40). The van der Waals surface area contributed by atoms with Crippen LogP contribution in [0.2, 0.25) is 0 Å². The highest BCUT2D eigenvalue weighted by atomic mass is 16.4. The summed E-state index contributed by atoms with van der Waals surface area (Å²) in [6.07, 6.45) is 14.5. The maximum absolute atomic E-state index is 13.4. The Morgan fingerprint density at radius 2 is 0.850 bits per heavy atom. The molecule has 6 nitrogen and oxygen atoms in total. The van der Waals surface area contributed by atoms with Crippen LogP contribution in [-0.2, 0) is 19.2 Å². The minimum absolute atomic E-state index is 0.0387. The molecule has 0 bridgehead atoms. The van der Waals surface area contributed by atoms with Crippen molar-refractivity contribution >= 4 is 23.5 Å². The Hall–Kier alpha value is -2.76. The third-order valence-corrected chi connectivity index (χ3v) is 8.17. The predicted octanol–water partition coefficient (Wildman–Crippen LogP) is 8.03. The number of aliphatic carboxylic acids is 2. The molecule has 0 heterocycles. The van der Waals surface area contributed by atoms with Gasteiger partial charge in [-0.1, -0.05) is 64.8 Å². The molecule has 0 aromatic carbocycles. The van der Waals surface area contributed by atoms with Gasteiger partial charge in [-0.3, -0.25) is 19.2 Å². The molecule has 222 valence electrons. The molecule has 0 aliphatic heterocycles. The van der Waals surface area contributed by atoms with E-state index in [0.717, 1.165) is 48.0 Å². The van der Waals surface area contributed by atoms with E-state index in [2.05, 4.69) is 27.7 Å². The number of rotatable bonds is 15. The number of unbranched alkanes of at least 4 members (excludes halogenated alkanes) is 2. The lowest BCUT2D eigenvalue weighted by atomic mass is 9.75. The number of carbonyl (C=O) groups is 4. The number of hydrogen-bond acceptors (Lipinski definition) is 4. The Morgan fingerprint density at radius 1 is 0.575 bits per heavy atom. The molecule has 0 atom stereocenters. The molecule has 2 aliphatic carbocycles. The fourth-order valence-electron chi connectivity index (χ4n) is 5.54. The zero-order chi connectivity index (χ0) is 30.5. The molecule has 0 amide bonds. The molecular formula is C34H50O6. The molecule has 0 radical (unpaired) electrons. The van der Waals surface area contributed by atoms with Crippen LogP contribution in [0.3, 0.4) is 0 Å². The maximum Gasteiger partial charge on any atom is 0.309 e. The van der Waals surface area contributed by atoms with Crippen molar-refractivity contribution in [3.63, 3.8) is 0 Å². The Morgan fingerprint density at radius 3 is 1.12 bits per heavy atom. The molecule has 0 aromatic rings. The van der Waals surface area contributed by atoms with E-state index in [9.17, 15) is 29.4 Å². The molecule has 0 aromatic heterocycles. The average molecular weight is 555 g/mol. The molecule has 2 N–H and O–H groups in total. The minimum Gasteiger partial charge on any atom is -0.481 e. The normalized spacial score (nSPS) is 19.0. The first-order chi connectivity index (χ1) is 18.3. The summed E-state index contributed by atoms with van der Waals surface area (Å²) >= 11 is 0. The largest absolute Gasteiger partial charge is 0.481 e. The summed E-state index contributed by atoms with van der Waals surface area (Å²) in [5, 5.41) is 18.7. The van der Waals surface area contributed by atoms with Crippen LogP contribution in [0, 0.1) is 21.7 Å². The van der Waals surface area contributed by atoms with Gasteiger partial charge in [-0.2, -0.15) is 0 Å². The van der Waals surface area contributed by atoms with E-state index >= 15 is 0 Å². The highest BCUT2D eigenvalue weighted by Gasteiger charge is 2.31. The highest BCUT2D eigenvalue weighted by Crippen LogP contribution is 2.37. The van der Waals surface area contributed by atoms with Crippen molar-refractivity contribution in [3.8, 4) is 0 Å². The van der Waals surface area contributed by atoms with Gasteiger partial charge in [0.05, 0.1) is 10.8 Å². The quantitative estimate of drug-likeness (QED) is 0.198. The monoisotopic (exact) mass is 554 g/mol. The molecular weight excluding hydrogens is 504 g/mol. The van der Waals surface area contributed by atoms with Gasteiger partial charge < -0.3 is 10.2 Å². The van der Waals surface area contributed by atoms with Gasteiger partial charge in [-0.05, 0) is 101 Å². The van der Waals surface area contributed by atoms with Gasteiger partial charge in [0.15, 0.2) is 11.6 Å². The molecule has 0 spiro atoms. The lowest BCUT2D eigenvalue weighted by Gasteiger charge is -2.28. The van der Waals surface area contributed by atoms with E-state index in [-0.39, 0.29) is 22.4 Å². The van der Waals surface area contributed by atoms with E-state index in [1.165, 1.54) is 0 Å². The fourth-order valence-corrected chi connectivity index (χ4v) is 5.54. The Bertz CT molecular complexity index is 1050. The highest BCUT2D eigenvalue weighted by molar-refractivity contribution is 6.11. The summed E-state index contributed by atoms with van der Waals surface area (Å²) in [7, 11) is 0. The van der Waals surface area contributed by atoms with Crippen LogP contribution in [0.1, 0.15) is 120 Å². The zero-order valence-corrected chi connectivity index (χ0v) is 25.9. The van der Waals surface area contributed by atoms with Crippen molar-refractivity contribution in [2.24, 2.45) is 21.7 Å². The van der Waals surface area contributed by atoms with E-state index in [4.69, 9.17) is 0 Å². The number of hydrogen-bond donors (Lipinski definition) is 2. The number of carboxylic acids is 2. The van der Waals surface area contributed by atoms with Crippen molar-refractivity contribution in [1.82, 2.24) is 0 Å². The second-order valence-electron chi connectivity index (χ2n) is 14.3. The topological polar surface area (TPSA) is 109 Å². The van der Waals surface area contributed by atoms with Gasteiger partial charge >= 0.3 is 11.9 Å². The van der Waals surface area contributed by atoms with Crippen LogP contribution in [0.25, 0.3) is 0 Å². The average Bonchev–Trinajstić information content (AvgIpc) is 2.82. The fraction of sp³-hybridized carbons (Fsp3) is 0.647. The first-order valence-corrected chi connectivity index (χ1v) is 14.7. The maximum atomic E-state index is 13.4. The van der Waals surface area contributed by atoms with Crippen molar-refractivity contribution in [2.45, 2.75) is 120 Å². The molecule has 0 saturated heterocycles.